The van der Waals surface area contributed by atoms with Crippen molar-refractivity contribution < 1.29 is 28.9 Å². The standard InChI is InChI=1S/C13H20FN.C10H18N2S.C10H21NO.C10H20.C9H21NO.C9H19N.C8H19NO.2C8H19N.C8H18.C7H15NO2.C7H17N/c1-13(2,3)9-12(15)8-10-4-6-11(14)7-5-10;1-10(2,3)5-8(11)4-9-6-13-7-12-9;1-9(2,3)8-10(11)4-6-12-7-5-10;1-5-10(6-7-10)8-9(2,3)4;1-8(2,3)6-7(10)9(4,5)11;1-9(2,3)8-5-4-6-10-7-8;1-8(2,3)5-7(9)6-10-4;1-7(2,3)6-8(4,5)9;1-8(2,3)6-4-5-7-9;1-5-6-7-8(2,3)4;1-7(2,3)4-5(8)6(9)10;1-7(2,3)5-4-6-8/h4-7,12H,8-9,15H2,1-3H3;6-8H,4-5,11H2,1-3H3;4-8,11H2,1-3H3;5-8H2,1-4H3;7,11H,6,10H2,1-5H3;8,10H,4-7H2,1-3H3;7H,5-6,9H2,1-4H3;6,9H2,1-5H3;4-7,9H2,1-3H3;5-7H2,1-4H3;5H,4,8H2,1-3H3,(H,9,10);4-6,8H2,1-3H3/t12-;8-;;;7-;8-;7-;;;;5-;/m00..111...1./s1. The number of aromatic nitrogens is 1. The highest BCUT2D eigenvalue weighted by Crippen LogP contribution is 2.55. The van der Waals surface area contributed by atoms with Crippen LogP contribution in [0.1, 0.15) is 450 Å². The van der Waals surface area contributed by atoms with Crippen molar-refractivity contribution in [1.82, 2.24) is 10.3 Å². The van der Waals surface area contributed by atoms with Gasteiger partial charge in [-0.05, 0) is 276 Å². The maximum Gasteiger partial charge on any atom is 0.320 e. The van der Waals surface area contributed by atoms with Gasteiger partial charge in [0.05, 0.1) is 23.4 Å². The largest absolute Gasteiger partial charge is 0.480 e. The van der Waals surface area contributed by atoms with E-state index in [4.69, 9.17) is 66.2 Å². The van der Waals surface area contributed by atoms with Crippen LogP contribution in [0.25, 0.3) is 0 Å². The molecule has 0 unspecified atom stereocenters. The predicted molar refractivity (Wildman–Crippen MR) is 556 cm³/mol. The molecule has 3 aliphatic rings. The van der Waals surface area contributed by atoms with Crippen LogP contribution in [0.3, 0.4) is 0 Å². The molecular formula is C107H226FN11O5S. The summed E-state index contributed by atoms with van der Waals surface area (Å²) in [7, 11) is 1.68. The second-order valence-electron chi connectivity index (χ2n) is 53.1. The fraction of sp³-hybridized carbons (Fsp3) is 0.907. The molecule has 0 amide bonds. The second kappa shape index (κ2) is 63.8. The van der Waals surface area contributed by atoms with Gasteiger partial charge in [0.1, 0.15) is 11.9 Å². The molecule has 2 aliphatic heterocycles. The lowest BCUT2D eigenvalue weighted by atomic mass is 9.76. The molecule has 1 aliphatic carbocycles. The number of carbonyl (C=O) groups is 1. The Labute approximate surface area is 783 Å². The highest BCUT2D eigenvalue weighted by Gasteiger charge is 2.43. The molecule has 3 fully saturated rings. The van der Waals surface area contributed by atoms with Gasteiger partial charge in [-0.15, -0.1) is 11.3 Å². The Morgan fingerprint density at radius 3 is 1.20 bits per heavy atom. The number of hydrogen-bond acceptors (Lipinski definition) is 16. The molecule has 18 heteroatoms. The molecule has 1 saturated carbocycles. The number of hydrogen-bond donors (Lipinski definition) is 12. The van der Waals surface area contributed by atoms with Gasteiger partial charge in [-0.25, -0.2) is 9.37 Å². The lowest BCUT2D eigenvalue weighted by Gasteiger charge is -2.38. The number of thiazole rings is 1. The number of benzene rings is 1. The Morgan fingerprint density at radius 1 is 0.544 bits per heavy atom. The van der Waals surface area contributed by atoms with Gasteiger partial charge in [0, 0.05) is 67.4 Å². The van der Waals surface area contributed by atoms with Crippen LogP contribution in [0.4, 0.5) is 4.39 Å². The lowest BCUT2D eigenvalue weighted by molar-refractivity contribution is -0.139. The Hall–Kier alpha value is -2.27. The molecule has 21 N–H and O–H groups in total. The molecule has 16 nitrogen and oxygen atoms in total. The van der Waals surface area contributed by atoms with Crippen LogP contribution in [-0.4, -0.2) is 121 Å². The first-order chi connectivity index (χ1) is 55.6. The van der Waals surface area contributed by atoms with Crippen molar-refractivity contribution in [2.75, 3.05) is 53.1 Å². The second-order valence-corrected chi connectivity index (χ2v) is 53.9. The number of nitrogens with two attached hydrogens (primary N) is 9. The summed E-state index contributed by atoms with van der Waals surface area (Å²) < 4.78 is 22.9. The van der Waals surface area contributed by atoms with Crippen molar-refractivity contribution >= 4 is 17.3 Å². The van der Waals surface area contributed by atoms with E-state index in [-0.39, 0.29) is 57.3 Å². The van der Waals surface area contributed by atoms with Crippen molar-refractivity contribution in [3.05, 3.63) is 52.2 Å². The van der Waals surface area contributed by atoms with E-state index >= 15 is 0 Å². The number of unbranched alkanes of at least 4 members (excludes halogenated alkanes) is 2. The summed E-state index contributed by atoms with van der Waals surface area (Å²) in [4.78, 5) is 14.5. The van der Waals surface area contributed by atoms with Crippen LogP contribution in [0, 0.1) is 82.1 Å². The fourth-order valence-corrected chi connectivity index (χ4v) is 15.6. The van der Waals surface area contributed by atoms with Gasteiger partial charge < -0.3 is 76.6 Å². The first-order valence-electron chi connectivity index (χ1n) is 48.7. The van der Waals surface area contributed by atoms with Crippen LogP contribution in [0.15, 0.2) is 35.2 Å². The van der Waals surface area contributed by atoms with Crippen molar-refractivity contribution in [3.63, 3.8) is 0 Å². The summed E-state index contributed by atoms with van der Waals surface area (Å²) in [6, 6.07) is 6.29. The van der Waals surface area contributed by atoms with E-state index in [1.165, 1.54) is 109 Å². The van der Waals surface area contributed by atoms with E-state index in [2.05, 4.69) is 272 Å². The van der Waals surface area contributed by atoms with Crippen LogP contribution in [0.5, 0.6) is 0 Å². The van der Waals surface area contributed by atoms with Crippen LogP contribution < -0.4 is 56.9 Å². The number of carboxylic acid groups (broad SMARTS) is 1. The summed E-state index contributed by atoms with van der Waals surface area (Å²) in [5, 5.41) is 23.5. The number of nitrogens with one attached hydrogen (secondary N) is 1. The quantitative estimate of drug-likeness (QED) is 0.0435. The average molecular weight is 1800 g/mol. The van der Waals surface area contributed by atoms with Crippen molar-refractivity contribution in [2.45, 2.75) is 498 Å². The van der Waals surface area contributed by atoms with Gasteiger partial charge in [-0.3, -0.25) is 4.79 Å². The molecule has 1 aromatic heterocycles. The molecule has 0 bridgehead atoms. The van der Waals surface area contributed by atoms with Gasteiger partial charge in [-0.1, -0.05) is 301 Å². The minimum atomic E-state index is -0.921. The summed E-state index contributed by atoms with van der Waals surface area (Å²) in [5.74, 6) is -0.223. The third-order valence-electron chi connectivity index (χ3n) is 20.5. The first kappa shape index (κ1) is 136. The molecular weight excluding hydrogens is 1570 g/mol. The number of piperidine rings is 1. The summed E-state index contributed by atoms with van der Waals surface area (Å²) in [5.41, 5.74) is 60.1. The minimum absolute atomic E-state index is 0.00218. The summed E-state index contributed by atoms with van der Waals surface area (Å²) in [6.45, 7) is 98.5. The topological polar surface area (TPSA) is 335 Å². The zero-order chi connectivity index (χ0) is 100. The normalized spacial score (nSPS) is 16.9. The smallest absolute Gasteiger partial charge is 0.320 e. The van der Waals surface area contributed by atoms with E-state index in [0.717, 1.165) is 120 Å². The number of halogens is 1. The van der Waals surface area contributed by atoms with Gasteiger partial charge in [0.25, 0.3) is 0 Å². The molecule has 1 aromatic carbocycles. The van der Waals surface area contributed by atoms with Gasteiger partial charge in [0.2, 0.25) is 0 Å². The molecule has 5 rings (SSSR count). The Morgan fingerprint density at radius 2 is 0.952 bits per heavy atom. The summed E-state index contributed by atoms with van der Waals surface area (Å²) in [6.07, 6.45) is 29.1. The van der Waals surface area contributed by atoms with Gasteiger partial charge >= 0.3 is 5.97 Å². The van der Waals surface area contributed by atoms with Crippen LogP contribution in [0.2, 0.25) is 0 Å². The Balaban J connectivity index is -0.000000244. The molecule has 3 heterocycles. The minimum Gasteiger partial charge on any atom is -0.480 e. The molecule has 2 aromatic rings. The number of nitrogens with zero attached hydrogens (tertiary/aromatic N) is 1. The molecule has 6 atom stereocenters. The number of aliphatic carboxylic acids is 1. The molecule has 2 saturated heterocycles. The molecule has 125 heavy (non-hydrogen) atoms. The third-order valence-corrected chi connectivity index (χ3v) is 21.2. The maximum atomic E-state index is 12.7. The number of methoxy groups -OCH3 is 1. The van der Waals surface area contributed by atoms with E-state index in [1.54, 1.807) is 44.4 Å². The fourth-order valence-electron chi connectivity index (χ4n) is 15.0. The monoisotopic (exact) mass is 1800 g/mol. The van der Waals surface area contributed by atoms with Crippen molar-refractivity contribution in [2.24, 2.45) is 128 Å². The lowest BCUT2D eigenvalue weighted by Crippen LogP contribution is -2.47. The van der Waals surface area contributed by atoms with Crippen LogP contribution in [-0.2, 0) is 27.1 Å². The number of rotatable bonds is 24. The van der Waals surface area contributed by atoms with Gasteiger partial charge in [0.15, 0.2) is 0 Å². The third kappa shape index (κ3) is 109. The van der Waals surface area contributed by atoms with E-state index in [9.17, 15) is 14.3 Å². The van der Waals surface area contributed by atoms with Gasteiger partial charge in [-0.2, -0.15) is 0 Å². The number of carboxylic acids is 1. The number of aliphatic hydroxyl groups is 1. The average Bonchev–Trinajstić information content (AvgIpc) is 1.65. The highest BCUT2D eigenvalue weighted by molar-refractivity contribution is 7.07. The van der Waals surface area contributed by atoms with Crippen molar-refractivity contribution in [1.29, 1.82) is 0 Å². The maximum absolute atomic E-state index is 12.7. The molecule has 0 spiro atoms. The van der Waals surface area contributed by atoms with Crippen LogP contribution >= 0.6 is 11.3 Å². The summed E-state index contributed by atoms with van der Waals surface area (Å²) >= 11 is 1.63. The van der Waals surface area contributed by atoms with E-state index in [0.29, 0.717) is 61.8 Å². The first-order valence-corrected chi connectivity index (χ1v) is 49.7. The van der Waals surface area contributed by atoms with E-state index < -0.39 is 17.6 Å². The SMILES string of the molecule is CC(C)(C)CC(C)(C)N.CC(C)(C)CC1(N)CCOCC1.CC(C)(C)CCCCN.CC(C)(C)CCCN.CC(C)(C)C[C@@H](N)C(=O)O.CC(C)(C)C[C@@H](N)C(C)(C)O.CC(C)(C)C[C@@H](N)Cc1ccc(F)cc1.CC(C)(C)C[C@@H](N)Cc1cscn1.CC(C)(C)[C@@H]1CCCNC1.CCC1(CC(C)(C)C)CC1.CCCCC(C)(C)C.COC[C@H](N)CC(C)(C)C. The number of ether oxygens (including phenoxy) is 2. The zero-order valence-electron chi connectivity index (χ0n) is 91.6. The molecule has 0 radical (unpaired) electrons. The Kier molecular flexibility index (Phi) is 69.3. The molecule has 752 valence electrons. The predicted octanol–water partition coefficient (Wildman–Crippen LogP) is 26.2. The Bertz CT molecular complexity index is 2780. The van der Waals surface area contributed by atoms with E-state index in [1.807, 2.05) is 26.3 Å². The highest BCUT2D eigenvalue weighted by atomic mass is 32.1. The zero-order valence-corrected chi connectivity index (χ0v) is 92.4. The van der Waals surface area contributed by atoms with Crippen molar-refractivity contribution in [3.8, 4) is 0 Å².